The second kappa shape index (κ2) is 9.41. The van der Waals surface area contributed by atoms with Crippen molar-refractivity contribution in [2.24, 2.45) is 0 Å². The van der Waals surface area contributed by atoms with Gasteiger partial charge in [-0.1, -0.05) is 11.8 Å². The van der Waals surface area contributed by atoms with Crippen molar-refractivity contribution in [3.8, 4) is 28.8 Å². The van der Waals surface area contributed by atoms with Gasteiger partial charge in [0.2, 0.25) is 5.91 Å². The molecule has 0 atom stereocenters. The Balaban J connectivity index is 1.78. The normalized spacial score (nSPS) is 10.3. The number of ether oxygens (including phenoxy) is 2. The van der Waals surface area contributed by atoms with Crippen molar-refractivity contribution in [1.82, 2.24) is 9.97 Å². The van der Waals surface area contributed by atoms with Gasteiger partial charge in [-0.25, -0.2) is 9.97 Å². The van der Waals surface area contributed by atoms with E-state index in [2.05, 4.69) is 21.4 Å². The van der Waals surface area contributed by atoms with Gasteiger partial charge in [0.15, 0.2) is 16.6 Å². The van der Waals surface area contributed by atoms with E-state index in [1.54, 1.807) is 32.4 Å². The van der Waals surface area contributed by atoms with E-state index in [9.17, 15) is 10.1 Å². The largest absolute Gasteiger partial charge is 0.493 e. The fourth-order valence-corrected chi connectivity index (χ4v) is 3.97. The highest BCUT2D eigenvalue weighted by Crippen LogP contribution is 2.33. The van der Waals surface area contributed by atoms with Gasteiger partial charge < -0.3 is 14.8 Å². The van der Waals surface area contributed by atoms with Crippen LogP contribution >= 0.6 is 23.1 Å². The smallest absolute Gasteiger partial charge is 0.236 e. The van der Waals surface area contributed by atoms with Crippen molar-refractivity contribution in [2.75, 3.05) is 25.3 Å². The number of carbonyl (C=O) groups excluding carboxylic acids is 1. The van der Waals surface area contributed by atoms with Crippen LogP contribution in [-0.4, -0.2) is 35.8 Å². The highest BCUT2D eigenvalue weighted by molar-refractivity contribution is 8.00. The van der Waals surface area contributed by atoms with Gasteiger partial charge in [0.25, 0.3) is 0 Å². The molecule has 0 bridgehead atoms. The number of amides is 1. The summed E-state index contributed by atoms with van der Waals surface area (Å²) < 4.78 is 10.6. The molecule has 1 amide bonds. The van der Waals surface area contributed by atoms with Crippen molar-refractivity contribution >= 4 is 34.1 Å². The summed E-state index contributed by atoms with van der Waals surface area (Å²) in [5, 5.41) is 15.0. The first-order valence-corrected chi connectivity index (χ1v) is 10.4. The fourth-order valence-electron chi connectivity index (χ4n) is 2.49. The van der Waals surface area contributed by atoms with Gasteiger partial charge in [0.05, 0.1) is 36.9 Å². The number of benzene rings is 1. The Morgan fingerprint density at radius 2 is 2.00 bits per heavy atom. The number of anilines is 1. The summed E-state index contributed by atoms with van der Waals surface area (Å²) in [6.07, 6.45) is 0. The van der Waals surface area contributed by atoms with Crippen LogP contribution in [0.3, 0.4) is 0 Å². The van der Waals surface area contributed by atoms with E-state index >= 15 is 0 Å². The van der Waals surface area contributed by atoms with E-state index in [1.807, 2.05) is 24.4 Å². The lowest BCUT2D eigenvalue weighted by Crippen LogP contribution is -2.14. The standard InChI is InChI=1S/C20H18N4O3S2/c1-12-10-29-20(22-12)24-18(25)11-28-19-14(9-21)4-6-15(23-19)13-5-7-16(26-2)17(8-13)27-3/h4-8,10H,11H2,1-3H3,(H,22,24,25). The molecule has 0 spiro atoms. The Hall–Kier alpha value is -3.09. The molecule has 0 unspecified atom stereocenters. The van der Waals surface area contributed by atoms with Gasteiger partial charge in [-0.2, -0.15) is 5.26 Å². The lowest BCUT2D eigenvalue weighted by atomic mass is 10.1. The lowest BCUT2D eigenvalue weighted by molar-refractivity contribution is -0.113. The quantitative estimate of drug-likeness (QED) is 0.567. The number of aromatic nitrogens is 2. The number of thioether (sulfide) groups is 1. The molecule has 7 nitrogen and oxygen atoms in total. The number of methoxy groups -OCH3 is 2. The molecule has 0 saturated carbocycles. The van der Waals surface area contributed by atoms with Crippen LogP contribution in [0.4, 0.5) is 5.13 Å². The molecule has 3 rings (SSSR count). The highest BCUT2D eigenvalue weighted by atomic mass is 32.2. The first kappa shape index (κ1) is 20.6. The summed E-state index contributed by atoms with van der Waals surface area (Å²) in [7, 11) is 3.14. The second-order valence-corrected chi connectivity index (χ2v) is 7.68. The lowest BCUT2D eigenvalue weighted by Gasteiger charge is -2.10. The number of aryl methyl sites for hydroxylation is 1. The van der Waals surface area contributed by atoms with Gasteiger partial charge in [-0.15, -0.1) is 11.3 Å². The van der Waals surface area contributed by atoms with Crippen molar-refractivity contribution < 1.29 is 14.3 Å². The van der Waals surface area contributed by atoms with Crippen LogP contribution in [0.5, 0.6) is 11.5 Å². The van der Waals surface area contributed by atoms with Crippen LogP contribution in [0.15, 0.2) is 40.7 Å². The molecule has 9 heteroatoms. The third kappa shape index (κ3) is 5.04. The molecular formula is C20H18N4O3S2. The van der Waals surface area contributed by atoms with Crippen LogP contribution in [-0.2, 0) is 4.79 Å². The third-order valence-electron chi connectivity index (χ3n) is 3.87. The number of pyridine rings is 1. The first-order chi connectivity index (χ1) is 14.0. The molecule has 0 radical (unpaired) electrons. The number of nitrogens with zero attached hydrogens (tertiary/aromatic N) is 3. The fraction of sp³-hybridized carbons (Fsp3) is 0.200. The first-order valence-electron chi connectivity index (χ1n) is 8.52. The van der Waals surface area contributed by atoms with Gasteiger partial charge >= 0.3 is 0 Å². The molecule has 0 saturated heterocycles. The minimum atomic E-state index is -0.202. The van der Waals surface area contributed by atoms with Gasteiger partial charge in [-0.3, -0.25) is 4.79 Å². The number of rotatable bonds is 7. The van der Waals surface area contributed by atoms with Crippen LogP contribution in [0.25, 0.3) is 11.3 Å². The maximum absolute atomic E-state index is 12.2. The van der Waals surface area contributed by atoms with Crippen molar-refractivity contribution in [2.45, 2.75) is 11.9 Å². The molecule has 0 aliphatic heterocycles. The predicted octanol–water partition coefficient (Wildman–Crippen LogP) is 4.13. The van der Waals surface area contributed by atoms with Gasteiger partial charge in [-0.05, 0) is 37.3 Å². The van der Waals surface area contributed by atoms with E-state index in [1.165, 1.54) is 23.1 Å². The molecule has 2 aromatic heterocycles. The number of nitrogens with one attached hydrogen (secondary N) is 1. The van der Waals surface area contributed by atoms with Crippen LogP contribution < -0.4 is 14.8 Å². The summed E-state index contributed by atoms with van der Waals surface area (Å²) in [6.45, 7) is 1.86. The molecular weight excluding hydrogens is 408 g/mol. The summed E-state index contributed by atoms with van der Waals surface area (Å²) in [5.41, 5.74) is 2.76. The topological polar surface area (TPSA) is 97.1 Å². The Labute approximate surface area is 176 Å². The SMILES string of the molecule is COc1ccc(-c2ccc(C#N)c(SCC(=O)Nc3nc(C)cs3)n2)cc1OC. The second-order valence-electron chi connectivity index (χ2n) is 5.86. The van der Waals surface area contributed by atoms with E-state index in [0.29, 0.717) is 32.9 Å². The van der Waals surface area contributed by atoms with E-state index in [4.69, 9.17) is 9.47 Å². The molecule has 3 aromatic rings. The minimum absolute atomic E-state index is 0.121. The Kier molecular flexibility index (Phi) is 6.69. The zero-order valence-corrected chi connectivity index (χ0v) is 17.7. The number of hydrogen-bond donors (Lipinski definition) is 1. The Morgan fingerprint density at radius 1 is 1.21 bits per heavy atom. The van der Waals surface area contributed by atoms with Gasteiger partial charge in [0.1, 0.15) is 11.1 Å². The number of thiazole rings is 1. The Morgan fingerprint density at radius 3 is 2.66 bits per heavy atom. The number of nitriles is 1. The maximum Gasteiger partial charge on any atom is 0.236 e. The minimum Gasteiger partial charge on any atom is -0.493 e. The van der Waals surface area contributed by atoms with Gasteiger partial charge in [0, 0.05) is 10.9 Å². The summed E-state index contributed by atoms with van der Waals surface area (Å²) in [6, 6.07) is 11.1. The average Bonchev–Trinajstić information content (AvgIpc) is 3.15. The molecule has 29 heavy (non-hydrogen) atoms. The summed E-state index contributed by atoms with van der Waals surface area (Å²) in [5.74, 6) is 1.12. The summed E-state index contributed by atoms with van der Waals surface area (Å²) in [4.78, 5) is 21.0. The third-order valence-corrected chi connectivity index (χ3v) is 5.73. The molecule has 1 N–H and O–H groups in total. The van der Waals surface area contributed by atoms with Crippen LogP contribution in [0, 0.1) is 18.3 Å². The Bertz CT molecular complexity index is 1080. The zero-order valence-electron chi connectivity index (χ0n) is 16.1. The average molecular weight is 427 g/mol. The molecule has 0 aliphatic carbocycles. The molecule has 0 aliphatic rings. The monoisotopic (exact) mass is 426 g/mol. The molecule has 0 fully saturated rings. The van der Waals surface area contributed by atoms with E-state index < -0.39 is 0 Å². The van der Waals surface area contributed by atoms with E-state index in [0.717, 1.165) is 11.3 Å². The number of carbonyl (C=O) groups is 1. The zero-order chi connectivity index (χ0) is 20.8. The van der Waals surface area contributed by atoms with Crippen molar-refractivity contribution in [3.63, 3.8) is 0 Å². The highest BCUT2D eigenvalue weighted by Gasteiger charge is 2.13. The summed E-state index contributed by atoms with van der Waals surface area (Å²) >= 11 is 2.58. The molecule has 148 valence electrons. The molecule has 1 aromatic carbocycles. The van der Waals surface area contributed by atoms with E-state index in [-0.39, 0.29) is 11.7 Å². The van der Waals surface area contributed by atoms with Crippen molar-refractivity contribution in [3.05, 3.63) is 47.0 Å². The van der Waals surface area contributed by atoms with Crippen LogP contribution in [0.2, 0.25) is 0 Å². The number of hydrogen-bond acceptors (Lipinski definition) is 8. The van der Waals surface area contributed by atoms with Crippen LogP contribution in [0.1, 0.15) is 11.3 Å². The molecule has 2 heterocycles. The maximum atomic E-state index is 12.2. The predicted molar refractivity (Wildman–Crippen MR) is 114 cm³/mol. The van der Waals surface area contributed by atoms with Crippen molar-refractivity contribution in [1.29, 1.82) is 5.26 Å².